The van der Waals surface area contributed by atoms with Gasteiger partial charge in [0.15, 0.2) is 0 Å². The number of para-hydroxylation sites is 1. The highest BCUT2D eigenvalue weighted by molar-refractivity contribution is 7.92. The summed E-state index contributed by atoms with van der Waals surface area (Å²) in [7, 11) is -3.74. The predicted molar refractivity (Wildman–Crippen MR) is 130 cm³/mol. The Morgan fingerprint density at radius 1 is 0.788 bits per heavy atom. The molecule has 0 aromatic heterocycles. The van der Waals surface area contributed by atoms with E-state index in [1.807, 2.05) is 20.8 Å². The lowest BCUT2D eigenvalue weighted by Crippen LogP contribution is -2.40. The monoisotopic (exact) mass is 465 g/mol. The van der Waals surface area contributed by atoms with Gasteiger partial charge in [-0.2, -0.15) is 0 Å². The number of amides is 2. The fourth-order valence-electron chi connectivity index (χ4n) is 3.12. The van der Waals surface area contributed by atoms with Gasteiger partial charge in [0.1, 0.15) is 0 Å². The normalized spacial score (nSPS) is 11.5. The third-order valence-electron chi connectivity index (χ3n) is 4.69. The van der Waals surface area contributed by atoms with Crippen LogP contribution in [0.1, 0.15) is 47.1 Å². The molecule has 0 saturated heterocycles. The van der Waals surface area contributed by atoms with E-state index in [1.54, 1.807) is 61.5 Å². The van der Waals surface area contributed by atoms with Crippen LogP contribution in [-0.2, 0) is 10.0 Å². The molecule has 0 unspecified atom stereocenters. The summed E-state index contributed by atoms with van der Waals surface area (Å²) in [6, 6.07) is 19.5. The molecule has 3 aromatic rings. The van der Waals surface area contributed by atoms with Crippen LogP contribution >= 0.6 is 0 Å². The number of hydrogen-bond acceptors (Lipinski definition) is 4. The Hall–Kier alpha value is -3.65. The van der Waals surface area contributed by atoms with Gasteiger partial charge < -0.3 is 10.6 Å². The topological polar surface area (TPSA) is 104 Å². The molecule has 7 nitrogen and oxygen atoms in total. The highest BCUT2D eigenvalue weighted by Gasteiger charge is 2.20. The van der Waals surface area contributed by atoms with Crippen molar-refractivity contribution in [1.82, 2.24) is 5.32 Å². The maximum atomic E-state index is 12.9. The van der Waals surface area contributed by atoms with E-state index in [1.165, 1.54) is 18.2 Å². The number of carbonyl (C=O) groups excluding carboxylic acids is 2. The Morgan fingerprint density at radius 3 is 2.06 bits per heavy atom. The summed E-state index contributed by atoms with van der Waals surface area (Å²) >= 11 is 0. The Kier molecular flexibility index (Phi) is 6.88. The van der Waals surface area contributed by atoms with Crippen LogP contribution in [-0.4, -0.2) is 25.8 Å². The Labute approximate surface area is 194 Å². The smallest absolute Gasteiger partial charge is 0.261 e. The van der Waals surface area contributed by atoms with E-state index in [0.29, 0.717) is 28.1 Å². The SMILES string of the molecule is Cc1cc(C(=O)Nc2ccccc2C(=O)NC(C)(C)C)ccc1NS(=O)(=O)c1ccccc1. The van der Waals surface area contributed by atoms with Gasteiger partial charge in [-0.15, -0.1) is 0 Å². The van der Waals surface area contributed by atoms with Crippen LogP contribution in [0.3, 0.4) is 0 Å². The molecule has 0 bridgehead atoms. The van der Waals surface area contributed by atoms with E-state index in [-0.39, 0.29) is 10.8 Å². The van der Waals surface area contributed by atoms with Crippen molar-refractivity contribution in [1.29, 1.82) is 0 Å². The maximum absolute atomic E-state index is 12.9. The third-order valence-corrected chi connectivity index (χ3v) is 6.08. The standard InChI is InChI=1S/C25H27N3O4S/c1-17-16-18(14-15-21(17)28-33(31,32)19-10-6-5-7-11-19)23(29)26-22-13-9-8-12-20(22)24(30)27-25(2,3)4/h5-16,28H,1-4H3,(H,26,29)(H,27,30). The zero-order valence-corrected chi connectivity index (χ0v) is 19.8. The first-order valence-electron chi connectivity index (χ1n) is 10.4. The van der Waals surface area contributed by atoms with Gasteiger partial charge in [-0.25, -0.2) is 8.42 Å². The van der Waals surface area contributed by atoms with Gasteiger partial charge in [-0.1, -0.05) is 30.3 Å². The van der Waals surface area contributed by atoms with Crippen LogP contribution in [0.2, 0.25) is 0 Å². The molecular weight excluding hydrogens is 438 g/mol. The molecule has 0 heterocycles. The molecule has 3 aromatic carbocycles. The molecule has 0 atom stereocenters. The number of sulfonamides is 1. The van der Waals surface area contributed by atoms with Gasteiger partial charge in [-0.05, 0) is 75.7 Å². The van der Waals surface area contributed by atoms with Crippen molar-refractivity contribution in [3.63, 3.8) is 0 Å². The molecule has 0 fully saturated rings. The minimum atomic E-state index is -3.74. The van der Waals surface area contributed by atoms with Crippen LogP contribution < -0.4 is 15.4 Å². The lowest BCUT2D eigenvalue weighted by Gasteiger charge is -2.21. The summed E-state index contributed by atoms with van der Waals surface area (Å²) < 4.78 is 27.7. The fourth-order valence-corrected chi connectivity index (χ4v) is 4.27. The minimum absolute atomic E-state index is 0.149. The number of nitrogens with one attached hydrogen (secondary N) is 3. The van der Waals surface area contributed by atoms with Crippen molar-refractivity contribution in [2.75, 3.05) is 10.0 Å². The maximum Gasteiger partial charge on any atom is 0.261 e. The first kappa shape index (κ1) is 24.0. The zero-order chi connectivity index (χ0) is 24.2. The highest BCUT2D eigenvalue weighted by atomic mass is 32.2. The molecule has 3 rings (SSSR count). The van der Waals surface area contributed by atoms with Crippen molar-refractivity contribution in [3.05, 3.63) is 89.5 Å². The Morgan fingerprint density at radius 2 is 1.42 bits per heavy atom. The van der Waals surface area contributed by atoms with Crippen molar-refractivity contribution in [3.8, 4) is 0 Å². The van der Waals surface area contributed by atoms with Crippen LogP contribution in [0.15, 0.2) is 77.7 Å². The van der Waals surface area contributed by atoms with Gasteiger partial charge in [0.25, 0.3) is 21.8 Å². The van der Waals surface area contributed by atoms with E-state index < -0.39 is 21.5 Å². The fraction of sp³-hybridized carbons (Fsp3) is 0.200. The van der Waals surface area contributed by atoms with Gasteiger partial charge in [0.05, 0.1) is 21.8 Å². The van der Waals surface area contributed by atoms with Crippen molar-refractivity contribution < 1.29 is 18.0 Å². The van der Waals surface area contributed by atoms with Crippen LogP contribution in [0, 0.1) is 6.92 Å². The predicted octanol–water partition coefficient (Wildman–Crippen LogP) is 4.58. The molecule has 8 heteroatoms. The molecule has 0 aliphatic rings. The van der Waals surface area contributed by atoms with Crippen molar-refractivity contribution >= 4 is 33.2 Å². The lowest BCUT2D eigenvalue weighted by molar-refractivity contribution is 0.0920. The first-order chi connectivity index (χ1) is 15.5. The molecule has 0 saturated carbocycles. The van der Waals surface area contributed by atoms with Gasteiger partial charge in [0, 0.05) is 11.1 Å². The average molecular weight is 466 g/mol. The van der Waals surface area contributed by atoms with Crippen LogP contribution in [0.5, 0.6) is 0 Å². The van der Waals surface area contributed by atoms with E-state index in [9.17, 15) is 18.0 Å². The molecule has 33 heavy (non-hydrogen) atoms. The summed E-state index contributed by atoms with van der Waals surface area (Å²) in [4.78, 5) is 25.6. The Balaban J connectivity index is 1.79. The van der Waals surface area contributed by atoms with E-state index >= 15 is 0 Å². The number of carbonyl (C=O) groups is 2. The second-order valence-corrected chi connectivity index (χ2v) is 10.3. The summed E-state index contributed by atoms with van der Waals surface area (Å²) in [6.07, 6.45) is 0. The first-order valence-corrected chi connectivity index (χ1v) is 11.9. The van der Waals surface area contributed by atoms with E-state index in [4.69, 9.17) is 0 Å². The zero-order valence-electron chi connectivity index (χ0n) is 19.0. The summed E-state index contributed by atoms with van der Waals surface area (Å²) in [5, 5.41) is 5.66. The molecule has 2 amide bonds. The van der Waals surface area contributed by atoms with Gasteiger partial charge >= 0.3 is 0 Å². The largest absolute Gasteiger partial charge is 0.347 e. The third kappa shape index (κ3) is 6.20. The second-order valence-electron chi connectivity index (χ2n) is 8.65. The minimum Gasteiger partial charge on any atom is -0.347 e. The van der Waals surface area contributed by atoms with E-state index in [2.05, 4.69) is 15.4 Å². The van der Waals surface area contributed by atoms with Crippen LogP contribution in [0.4, 0.5) is 11.4 Å². The number of anilines is 2. The molecule has 172 valence electrons. The van der Waals surface area contributed by atoms with E-state index in [0.717, 1.165) is 0 Å². The number of benzene rings is 3. The molecule has 3 N–H and O–H groups in total. The highest BCUT2D eigenvalue weighted by Crippen LogP contribution is 2.22. The quantitative estimate of drug-likeness (QED) is 0.496. The molecule has 0 radical (unpaired) electrons. The van der Waals surface area contributed by atoms with Crippen LogP contribution in [0.25, 0.3) is 0 Å². The summed E-state index contributed by atoms with van der Waals surface area (Å²) in [5.41, 5.74) is 1.61. The Bertz CT molecular complexity index is 1280. The number of aryl methyl sites for hydroxylation is 1. The number of hydrogen-bond donors (Lipinski definition) is 3. The molecule has 0 aliphatic carbocycles. The molecular formula is C25H27N3O4S. The summed E-state index contributed by atoms with van der Waals surface area (Å²) in [6.45, 7) is 7.34. The summed E-state index contributed by atoms with van der Waals surface area (Å²) in [5.74, 6) is -0.702. The number of rotatable bonds is 6. The molecule has 0 spiro atoms. The lowest BCUT2D eigenvalue weighted by atomic mass is 10.1. The second kappa shape index (κ2) is 9.46. The van der Waals surface area contributed by atoms with Crippen molar-refractivity contribution in [2.24, 2.45) is 0 Å². The van der Waals surface area contributed by atoms with Gasteiger partial charge in [0.2, 0.25) is 0 Å². The van der Waals surface area contributed by atoms with Crippen molar-refractivity contribution in [2.45, 2.75) is 38.1 Å². The van der Waals surface area contributed by atoms with Gasteiger partial charge in [-0.3, -0.25) is 14.3 Å². The average Bonchev–Trinajstić information content (AvgIpc) is 2.75. The molecule has 0 aliphatic heterocycles.